The van der Waals surface area contributed by atoms with Crippen molar-refractivity contribution in [1.29, 1.82) is 0 Å². The molecule has 1 aromatic heterocycles. The van der Waals surface area contributed by atoms with E-state index in [2.05, 4.69) is 34.4 Å². The summed E-state index contributed by atoms with van der Waals surface area (Å²) in [5, 5.41) is 6.96. The number of piperidine rings is 1. The Morgan fingerprint density at radius 1 is 1.16 bits per heavy atom. The normalized spacial score (nSPS) is 20.1. The first-order valence-corrected chi connectivity index (χ1v) is 12.9. The third-order valence-electron chi connectivity index (χ3n) is 7.02. The summed E-state index contributed by atoms with van der Waals surface area (Å²) < 4.78 is 11.8. The number of hydrogen-bond donors (Lipinski definition) is 2. The lowest BCUT2D eigenvalue weighted by molar-refractivity contribution is 0.0169. The molecule has 7 heteroatoms. The first kappa shape index (κ1) is 25.0. The molecule has 0 spiro atoms. The van der Waals surface area contributed by atoms with Gasteiger partial charge < -0.3 is 19.8 Å². The van der Waals surface area contributed by atoms with Crippen molar-refractivity contribution in [3.63, 3.8) is 0 Å². The topological polar surface area (TPSA) is 74.9 Å². The van der Waals surface area contributed by atoms with Gasteiger partial charge >= 0.3 is 0 Å². The Morgan fingerprint density at radius 2 is 1.91 bits per heavy atom. The highest BCUT2D eigenvalue weighted by Gasteiger charge is 2.25. The van der Waals surface area contributed by atoms with Crippen molar-refractivity contribution in [3.8, 4) is 0 Å². The van der Waals surface area contributed by atoms with Crippen molar-refractivity contribution in [2.45, 2.75) is 85.3 Å². The number of nitrogens with zero attached hydrogens (tertiary/aromatic N) is 3. The number of nitrogens with one attached hydrogen (secondary N) is 2. The van der Waals surface area contributed by atoms with Crippen LogP contribution < -0.4 is 10.6 Å². The van der Waals surface area contributed by atoms with Crippen LogP contribution in [-0.2, 0) is 11.3 Å². The molecule has 1 saturated heterocycles. The van der Waals surface area contributed by atoms with Crippen LogP contribution in [0.3, 0.4) is 0 Å². The quantitative estimate of drug-likeness (QED) is 0.394. The lowest BCUT2D eigenvalue weighted by Crippen LogP contribution is -2.40. The first-order chi connectivity index (χ1) is 15.6. The fourth-order valence-electron chi connectivity index (χ4n) is 5.02. The van der Waals surface area contributed by atoms with Crippen molar-refractivity contribution in [2.24, 2.45) is 16.8 Å². The number of oxazole rings is 1. The van der Waals surface area contributed by atoms with Gasteiger partial charge in [0, 0.05) is 26.2 Å². The molecule has 0 amide bonds. The molecule has 2 aliphatic rings. The maximum absolute atomic E-state index is 6.07. The summed E-state index contributed by atoms with van der Waals surface area (Å²) in [6.07, 6.45) is 9.17. The lowest BCUT2D eigenvalue weighted by Gasteiger charge is -2.30. The Bertz CT molecular complexity index is 671. The summed E-state index contributed by atoms with van der Waals surface area (Å²) >= 11 is 0. The largest absolute Gasteiger partial charge is 0.444 e. The van der Waals surface area contributed by atoms with Crippen molar-refractivity contribution in [3.05, 3.63) is 17.3 Å². The van der Waals surface area contributed by atoms with E-state index >= 15 is 0 Å². The molecule has 7 nitrogen and oxygen atoms in total. The highest BCUT2D eigenvalue weighted by molar-refractivity contribution is 5.79. The van der Waals surface area contributed by atoms with Gasteiger partial charge in [-0.25, -0.2) is 4.98 Å². The van der Waals surface area contributed by atoms with Crippen LogP contribution in [0.15, 0.2) is 9.41 Å². The second kappa shape index (κ2) is 13.2. The van der Waals surface area contributed by atoms with Crippen LogP contribution >= 0.6 is 0 Å². The van der Waals surface area contributed by atoms with Gasteiger partial charge in [-0.3, -0.25) is 9.89 Å². The molecule has 1 aliphatic heterocycles. The summed E-state index contributed by atoms with van der Waals surface area (Å²) in [5.41, 5.74) is 1.00. The number of rotatable bonds is 11. The second-order valence-corrected chi connectivity index (χ2v) is 9.44. The van der Waals surface area contributed by atoms with Crippen LogP contribution in [0.2, 0.25) is 0 Å². The van der Waals surface area contributed by atoms with Gasteiger partial charge in [0.25, 0.3) is 0 Å². The van der Waals surface area contributed by atoms with Crippen LogP contribution in [0.1, 0.15) is 76.1 Å². The van der Waals surface area contributed by atoms with E-state index < -0.39 is 0 Å². The van der Waals surface area contributed by atoms with Crippen molar-refractivity contribution < 1.29 is 9.15 Å². The van der Waals surface area contributed by atoms with E-state index in [0.717, 1.165) is 81.5 Å². The minimum Gasteiger partial charge on any atom is -0.444 e. The highest BCUT2D eigenvalue weighted by Crippen LogP contribution is 2.30. The molecule has 182 valence electrons. The Hall–Kier alpha value is -1.60. The number of aliphatic imine (C=N–C) groups is 1. The second-order valence-electron chi connectivity index (χ2n) is 9.44. The molecule has 0 aromatic carbocycles. The minimum absolute atomic E-state index is 0.387. The molecule has 0 bridgehead atoms. The first-order valence-electron chi connectivity index (χ1n) is 12.9. The zero-order chi connectivity index (χ0) is 22.8. The number of likely N-dealkylation sites (tertiary alicyclic amines) is 1. The Kier molecular flexibility index (Phi) is 10.3. The van der Waals surface area contributed by atoms with Gasteiger partial charge in [-0.2, -0.15) is 0 Å². The van der Waals surface area contributed by atoms with Gasteiger partial charge in [-0.05, 0) is 84.7 Å². The van der Waals surface area contributed by atoms with Crippen molar-refractivity contribution in [2.75, 3.05) is 39.3 Å². The maximum Gasteiger partial charge on any atom is 0.208 e. The number of aryl methyl sites for hydroxylation is 2. The zero-order valence-corrected chi connectivity index (χ0v) is 20.8. The monoisotopic (exact) mass is 447 g/mol. The van der Waals surface area contributed by atoms with E-state index in [4.69, 9.17) is 14.1 Å². The third kappa shape index (κ3) is 7.77. The molecular weight excluding hydrogens is 402 g/mol. The fourth-order valence-corrected chi connectivity index (χ4v) is 5.02. The number of aromatic nitrogens is 1. The average Bonchev–Trinajstić information content (AvgIpc) is 3.42. The van der Waals surface area contributed by atoms with E-state index in [-0.39, 0.29) is 0 Å². The van der Waals surface area contributed by atoms with E-state index in [1.165, 1.54) is 38.5 Å². The molecule has 0 radical (unpaired) electrons. The van der Waals surface area contributed by atoms with Crippen molar-refractivity contribution >= 4 is 5.96 Å². The van der Waals surface area contributed by atoms with Crippen LogP contribution in [0.5, 0.6) is 0 Å². The van der Waals surface area contributed by atoms with Gasteiger partial charge in [-0.15, -0.1) is 0 Å². The molecule has 1 atom stereocenters. The summed E-state index contributed by atoms with van der Waals surface area (Å²) in [5.74, 6) is 4.11. The van der Waals surface area contributed by atoms with E-state index in [0.29, 0.717) is 12.0 Å². The molecular formula is C25H45N5O2. The fraction of sp³-hybridized carbons (Fsp3) is 0.840. The van der Waals surface area contributed by atoms with Crippen LogP contribution in [0, 0.1) is 25.7 Å². The molecule has 1 saturated carbocycles. The molecule has 1 aromatic rings. The van der Waals surface area contributed by atoms with Gasteiger partial charge in [-0.1, -0.05) is 12.8 Å². The maximum atomic E-state index is 6.07. The molecule has 1 aliphatic carbocycles. The molecule has 2 N–H and O–H groups in total. The minimum atomic E-state index is 0.387. The summed E-state index contributed by atoms with van der Waals surface area (Å²) in [6, 6.07) is 0. The smallest absolute Gasteiger partial charge is 0.208 e. The molecule has 2 fully saturated rings. The van der Waals surface area contributed by atoms with Crippen LogP contribution in [-0.4, -0.2) is 61.3 Å². The standard InChI is InChI=1S/C25H45N5O2/c1-5-26-25(27-14-11-23(31-6-2)22-9-7-8-10-22)28-17-21-12-15-30(16-13-21)18-24-29-19(3)20(4)32-24/h21-23H,5-18H2,1-4H3,(H2,26,27,28). The van der Waals surface area contributed by atoms with Crippen LogP contribution in [0.25, 0.3) is 0 Å². The summed E-state index contributed by atoms with van der Waals surface area (Å²) in [6.45, 7) is 14.7. The Morgan fingerprint density at radius 3 is 2.53 bits per heavy atom. The zero-order valence-electron chi connectivity index (χ0n) is 20.8. The molecule has 1 unspecified atom stereocenters. The number of ether oxygens (including phenoxy) is 1. The van der Waals surface area contributed by atoms with E-state index in [9.17, 15) is 0 Å². The predicted molar refractivity (Wildman–Crippen MR) is 130 cm³/mol. The summed E-state index contributed by atoms with van der Waals surface area (Å²) in [4.78, 5) is 11.9. The SMILES string of the molecule is CCNC(=NCC1CCN(Cc2nc(C)c(C)o2)CC1)NCCC(OCC)C1CCCC1. The van der Waals surface area contributed by atoms with Crippen molar-refractivity contribution in [1.82, 2.24) is 20.5 Å². The number of hydrogen-bond acceptors (Lipinski definition) is 5. The molecule has 2 heterocycles. The third-order valence-corrected chi connectivity index (χ3v) is 7.02. The summed E-state index contributed by atoms with van der Waals surface area (Å²) in [7, 11) is 0. The average molecular weight is 448 g/mol. The van der Waals surface area contributed by atoms with E-state index in [1.54, 1.807) is 0 Å². The lowest BCUT2D eigenvalue weighted by atomic mass is 9.97. The Labute approximate surface area is 194 Å². The van der Waals surface area contributed by atoms with Gasteiger partial charge in [0.05, 0.1) is 18.3 Å². The van der Waals surface area contributed by atoms with Gasteiger partial charge in [0.2, 0.25) is 5.89 Å². The highest BCUT2D eigenvalue weighted by atomic mass is 16.5. The number of guanidine groups is 1. The molecule has 32 heavy (non-hydrogen) atoms. The van der Waals surface area contributed by atoms with Crippen LogP contribution in [0.4, 0.5) is 0 Å². The Balaban J connectivity index is 1.39. The predicted octanol–water partition coefficient (Wildman–Crippen LogP) is 4.04. The van der Waals surface area contributed by atoms with E-state index in [1.807, 2.05) is 13.8 Å². The molecule has 3 rings (SSSR count). The van der Waals surface area contributed by atoms with Gasteiger partial charge in [0.15, 0.2) is 5.96 Å². The van der Waals surface area contributed by atoms with Gasteiger partial charge in [0.1, 0.15) is 5.76 Å².